The molecule has 18 heavy (non-hydrogen) atoms. The zero-order chi connectivity index (χ0) is 13.1. The Bertz CT molecular complexity index is 572. The maximum absolute atomic E-state index is 12.1. The van der Waals surface area contributed by atoms with Crippen LogP contribution in [0.2, 0.25) is 0 Å². The predicted molar refractivity (Wildman–Crippen MR) is 72.3 cm³/mol. The van der Waals surface area contributed by atoms with E-state index in [1.165, 1.54) is 0 Å². The van der Waals surface area contributed by atoms with Crippen molar-refractivity contribution in [3.8, 4) is 5.75 Å². The van der Waals surface area contributed by atoms with Crippen molar-refractivity contribution < 1.29 is 9.53 Å². The summed E-state index contributed by atoms with van der Waals surface area (Å²) in [4.78, 5) is 12.1. The Hall–Kier alpha value is -1.81. The quantitative estimate of drug-likeness (QED) is 0.820. The van der Waals surface area contributed by atoms with Crippen molar-refractivity contribution in [3.05, 3.63) is 30.0 Å². The van der Waals surface area contributed by atoms with Gasteiger partial charge in [0.25, 0.3) is 0 Å². The van der Waals surface area contributed by atoms with Crippen LogP contribution in [0.3, 0.4) is 0 Å². The van der Waals surface area contributed by atoms with Crippen molar-refractivity contribution in [2.24, 2.45) is 7.05 Å². The van der Waals surface area contributed by atoms with Gasteiger partial charge < -0.3 is 14.6 Å². The van der Waals surface area contributed by atoms with Crippen LogP contribution in [0.4, 0.5) is 0 Å². The highest BCUT2D eigenvalue weighted by atomic mass is 16.5. The van der Waals surface area contributed by atoms with E-state index in [0.717, 1.165) is 28.8 Å². The van der Waals surface area contributed by atoms with Crippen LogP contribution >= 0.6 is 0 Å². The number of fused-ring (bicyclic) bond motifs is 1. The van der Waals surface area contributed by atoms with Gasteiger partial charge in [-0.25, -0.2) is 0 Å². The molecule has 1 heterocycles. The molecule has 0 fully saturated rings. The van der Waals surface area contributed by atoms with E-state index in [-0.39, 0.29) is 5.78 Å². The lowest BCUT2D eigenvalue weighted by molar-refractivity contribution is 0.0993. The number of nitrogens with one attached hydrogen (secondary N) is 1. The minimum absolute atomic E-state index is 0.107. The van der Waals surface area contributed by atoms with Gasteiger partial charge in [-0.3, -0.25) is 4.79 Å². The van der Waals surface area contributed by atoms with Gasteiger partial charge in [0.1, 0.15) is 5.75 Å². The number of para-hydroxylation sites is 1. The first-order valence-corrected chi connectivity index (χ1v) is 6.05. The second kappa shape index (κ2) is 5.23. The van der Waals surface area contributed by atoms with Crippen LogP contribution in [0.15, 0.2) is 24.4 Å². The zero-order valence-electron chi connectivity index (χ0n) is 11.0. The summed E-state index contributed by atoms with van der Waals surface area (Å²) in [6.45, 7) is 3.14. The van der Waals surface area contributed by atoms with Gasteiger partial charge in [0.05, 0.1) is 19.2 Å². The van der Waals surface area contributed by atoms with Crippen molar-refractivity contribution in [2.45, 2.75) is 6.92 Å². The van der Waals surface area contributed by atoms with Crippen molar-refractivity contribution in [3.63, 3.8) is 0 Å². The van der Waals surface area contributed by atoms with E-state index in [1.54, 1.807) is 7.11 Å². The molecule has 0 saturated carbocycles. The molecule has 2 aromatic rings. The highest BCUT2D eigenvalue weighted by Gasteiger charge is 2.15. The molecule has 1 aromatic heterocycles. The van der Waals surface area contributed by atoms with Crippen LogP contribution in [0.25, 0.3) is 10.9 Å². The summed E-state index contributed by atoms with van der Waals surface area (Å²) in [5, 5.41) is 4.00. The molecule has 0 bridgehead atoms. The van der Waals surface area contributed by atoms with Gasteiger partial charge in [-0.2, -0.15) is 0 Å². The van der Waals surface area contributed by atoms with Gasteiger partial charge in [0.2, 0.25) is 0 Å². The third-order valence-electron chi connectivity index (χ3n) is 3.02. The molecular weight excluding hydrogens is 228 g/mol. The van der Waals surface area contributed by atoms with Gasteiger partial charge in [0, 0.05) is 24.2 Å². The summed E-state index contributed by atoms with van der Waals surface area (Å²) < 4.78 is 7.27. The number of aromatic nitrogens is 1. The predicted octanol–water partition coefficient (Wildman–Crippen LogP) is 1.98. The lowest BCUT2D eigenvalue weighted by atomic mass is 10.1. The number of hydrogen-bond donors (Lipinski definition) is 1. The Kier molecular flexibility index (Phi) is 3.67. The monoisotopic (exact) mass is 246 g/mol. The summed E-state index contributed by atoms with van der Waals surface area (Å²) in [6.07, 6.45) is 1.87. The van der Waals surface area contributed by atoms with Crippen LogP contribution in [-0.2, 0) is 7.05 Å². The molecule has 0 amide bonds. The molecule has 1 N–H and O–H groups in total. The first kappa shape index (κ1) is 12.6. The number of ether oxygens (including phenoxy) is 1. The number of carbonyl (C=O) groups excluding carboxylic acids is 1. The number of aryl methyl sites for hydroxylation is 1. The fourth-order valence-corrected chi connectivity index (χ4v) is 2.15. The number of carbonyl (C=O) groups is 1. The zero-order valence-corrected chi connectivity index (χ0v) is 11.0. The standard InChI is InChI=1S/C14H18N2O2/c1-4-15-8-12(17)11-9-16(2)14-10(11)6-5-7-13(14)18-3/h5-7,9,15H,4,8H2,1-3H3. The highest BCUT2D eigenvalue weighted by molar-refractivity contribution is 6.10. The van der Waals surface area contributed by atoms with E-state index in [9.17, 15) is 4.79 Å². The molecule has 4 nitrogen and oxygen atoms in total. The normalized spacial score (nSPS) is 10.8. The molecule has 4 heteroatoms. The SMILES string of the molecule is CCNCC(=O)c1cn(C)c2c(OC)cccc12. The van der Waals surface area contributed by atoms with E-state index in [2.05, 4.69) is 5.32 Å². The van der Waals surface area contributed by atoms with Crippen molar-refractivity contribution in [2.75, 3.05) is 20.2 Å². The van der Waals surface area contributed by atoms with Gasteiger partial charge in [0.15, 0.2) is 5.78 Å². The number of Topliss-reactive ketones (excluding diaryl/α,β-unsaturated/α-hetero) is 1. The Morgan fingerprint density at radius 3 is 2.89 bits per heavy atom. The highest BCUT2D eigenvalue weighted by Crippen LogP contribution is 2.29. The van der Waals surface area contributed by atoms with Crippen LogP contribution in [0.1, 0.15) is 17.3 Å². The number of rotatable bonds is 5. The maximum atomic E-state index is 12.1. The Morgan fingerprint density at radius 1 is 1.44 bits per heavy atom. The molecule has 0 aliphatic heterocycles. The van der Waals surface area contributed by atoms with Crippen LogP contribution in [0.5, 0.6) is 5.75 Å². The van der Waals surface area contributed by atoms with Crippen LogP contribution in [-0.4, -0.2) is 30.5 Å². The molecule has 0 atom stereocenters. The number of nitrogens with zero attached hydrogens (tertiary/aromatic N) is 1. The molecule has 0 saturated heterocycles. The average Bonchev–Trinajstić information content (AvgIpc) is 2.73. The summed E-state index contributed by atoms with van der Waals surface area (Å²) in [5.74, 6) is 0.896. The maximum Gasteiger partial charge on any atom is 0.178 e. The number of benzene rings is 1. The molecule has 0 spiro atoms. The number of ketones is 1. The number of likely N-dealkylation sites (N-methyl/N-ethyl adjacent to an activating group) is 1. The van der Waals surface area contributed by atoms with E-state index in [1.807, 2.05) is 42.9 Å². The van der Waals surface area contributed by atoms with Gasteiger partial charge in [-0.05, 0) is 12.6 Å². The van der Waals surface area contributed by atoms with E-state index >= 15 is 0 Å². The summed E-state index contributed by atoms with van der Waals surface area (Å²) >= 11 is 0. The van der Waals surface area contributed by atoms with Crippen LogP contribution < -0.4 is 10.1 Å². The second-order valence-corrected chi connectivity index (χ2v) is 4.21. The summed E-state index contributed by atoms with van der Waals surface area (Å²) in [7, 11) is 3.57. The largest absolute Gasteiger partial charge is 0.495 e. The molecule has 2 rings (SSSR count). The van der Waals surface area contributed by atoms with Crippen LogP contribution in [0, 0.1) is 0 Å². The lowest BCUT2D eigenvalue weighted by Gasteiger charge is -2.04. The van der Waals surface area contributed by atoms with Gasteiger partial charge in [-0.1, -0.05) is 19.1 Å². The third kappa shape index (κ3) is 2.11. The topological polar surface area (TPSA) is 43.3 Å². The molecule has 0 unspecified atom stereocenters. The van der Waals surface area contributed by atoms with E-state index in [4.69, 9.17) is 4.74 Å². The second-order valence-electron chi connectivity index (χ2n) is 4.21. The van der Waals surface area contributed by atoms with Gasteiger partial charge >= 0.3 is 0 Å². The molecule has 0 aliphatic rings. The molecule has 1 aromatic carbocycles. The Balaban J connectivity index is 2.50. The number of methoxy groups -OCH3 is 1. The average molecular weight is 246 g/mol. The lowest BCUT2D eigenvalue weighted by Crippen LogP contribution is -2.22. The smallest absolute Gasteiger partial charge is 0.178 e. The van der Waals surface area contributed by atoms with Gasteiger partial charge in [-0.15, -0.1) is 0 Å². The summed E-state index contributed by atoms with van der Waals surface area (Å²) in [5.41, 5.74) is 1.70. The van der Waals surface area contributed by atoms with E-state index in [0.29, 0.717) is 6.54 Å². The molecule has 96 valence electrons. The first-order chi connectivity index (χ1) is 8.69. The minimum atomic E-state index is 0.107. The molecular formula is C14H18N2O2. The Labute approximate surface area is 107 Å². The fourth-order valence-electron chi connectivity index (χ4n) is 2.15. The Morgan fingerprint density at radius 2 is 2.22 bits per heavy atom. The fraction of sp³-hybridized carbons (Fsp3) is 0.357. The first-order valence-electron chi connectivity index (χ1n) is 6.05. The van der Waals surface area contributed by atoms with Crippen molar-refractivity contribution in [1.82, 2.24) is 9.88 Å². The van der Waals surface area contributed by atoms with E-state index < -0.39 is 0 Å². The third-order valence-corrected chi connectivity index (χ3v) is 3.02. The number of hydrogen-bond acceptors (Lipinski definition) is 3. The summed E-state index contributed by atoms with van der Waals surface area (Å²) in [6, 6.07) is 5.77. The minimum Gasteiger partial charge on any atom is -0.495 e. The van der Waals surface area contributed by atoms with Crippen molar-refractivity contribution in [1.29, 1.82) is 0 Å². The molecule has 0 radical (unpaired) electrons. The molecule has 0 aliphatic carbocycles. The van der Waals surface area contributed by atoms with Crippen molar-refractivity contribution >= 4 is 16.7 Å².